The van der Waals surface area contributed by atoms with Crippen molar-refractivity contribution in [1.29, 1.82) is 0 Å². The SMILES string of the molecule is O=C1C(=O)N(c2ccc(Oc3ccccc3)cc2)C(c2cccs2)/C1=C(/O)c1ccc(F)cc1. The van der Waals surface area contributed by atoms with E-state index >= 15 is 0 Å². The Kier molecular flexibility index (Phi) is 5.69. The zero-order valence-corrected chi connectivity index (χ0v) is 18.5. The maximum atomic E-state index is 13.4. The van der Waals surface area contributed by atoms with E-state index in [1.807, 2.05) is 41.8 Å². The minimum absolute atomic E-state index is 0.0383. The molecule has 1 atom stereocenters. The zero-order chi connectivity index (χ0) is 23.7. The summed E-state index contributed by atoms with van der Waals surface area (Å²) in [5.74, 6) is -1.12. The van der Waals surface area contributed by atoms with Gasteiger partial charge in [-0.1, -0.05) is 24.3 Å². The number of aliphatic hydroxyl groups excluding tert-OH is 1. The highest BCUT2D eigenvalue weighted by Gasteiger charge is 2.47. The highest BCUT2D eigenvalue weighted by atomic mass is 32.1. The summed E-state index contributed by atoms with van der Waals surface area (Å²) < 4.78 is 19.2. The normalized spacial score (nSPS) is 17.2. The minimum atomic E-state index is -0.814. The van der Waals surface area contributed by atoms with Gasteiger partial charge in [-0.25, -0.2) is 4.39 Å². The van der Waals surface area contributed by atoms with Crippen LogP contribution in [0.1, 0.15) is 16.5 Å². The highest BCUT2D eigenvalue weighted by molar-refractivity contribution is 7.10. The molecule has 0 spiro atoms. The predicted molar refractivity (Wildman–Crippen MR) is 128 cm³/mol. The van der Waals surface area contributed by atoms with Crippen LogP contribution < -0.4 is 9.64 Å². The summed E-state index contributed by atoms with van der Waals surface area (Å²) in [5.41, 5.74) is 0.704. The van der Waals surface area contributed by atoms with Crippen LogP contribution >= 0.6 is 11.3 Å². The molecule has 1 amide bonds. The summed E-state index contributed by atoms with van der Waals surface area (Å²) in [7, 11) is 0. The van der Waals surface area contributed by atoms with Gasteiger partial charge in [-0.05, 0) is 72.1 Å². The summed E-state index contributed by atoms with van der Waals surface area (Å²) in [6.07, 6.45) is 0. The van der Waals surface area contributed by atoms with Crippen LogP contribution in [0.3, 0.4) is 0 Å². The highest BCUT2D eigenvalue weighted by Crippen LogP contribution is 2.43. The molecule has 0 radical (unpaired) electrons. The van der Waals surface area contributed by atoms with Gasteiger partial charge in [-0.3, -0.25) is 14.5 Å². The molecule has 5 nitrogen and oxygen atoms in total. The molecule has 0 aliphatic carbocycles. The number of nitrogens with zero attached hydrogens (tertiary/aromatic N) is 1. The van der Waals surface area contributed by atoms with Crippen LogP contribution in [0.25, 0.3) is 5.76 Å². The molecule has 7 heteroatoms. The molecule has 1 aromatic heterocycles. The summed E-state index contributed by atoms with van der Waals surface area (Å²) in [5, 5.41) is 12.8. The van der Waals surface area contributed by atoms with E-state index in [0.717, 1.165) is 0 Å². The number of ketones is 1. The largest absolute Gasteiger partial charge is 0.507 e. The van der Waals surface area contributed by atoms with Gasteiger partial charge in [0.25, 0.3) is 11.7 Å². The summed E-state index contributed by atoms with van der Waals surface area (Å²) in [6.45, 7) is 0. The van der Waals surface area contributed by atoms with Gasteiger partial charge >= 0.3 is 0 Å². The van der Waals surface area contributed by atoms with E-state index in [0.29, 0.717) is 22.1 Å². The summed E-state index contributed by atoms with van der Waals surface area (Å²) in [6, 6.07) is 24.0. The first-order valence-electron chi connectivity index (χ1n) is 10.5. The van der Waals surface area contributed by atoms with Crippen molar-refractivity contribution in [2.24, 2.45) is 0 Å². The third-order valence-electron chi connectivity index (χ3n) is 5.47. The minimum Gasteiger partial charge on any atom is -0.507 e. The fourth-order valence-electron chi connectivity index (χ4n) is 3.88. The molecule has 1 unspecified atom stereocenters. The fraction of sp³-hybridized carbons (Fsp3) is 0.0370. The van der Waals surface area contributed by atoms with Crippen molar-refractivity contribution < 1.29 is 23.8 Å². The van der Waals surface area contributed by atoms with Gasteiger partial charge in [0.05, 0.1) is 5.57 Å². The van der Waals surface area contributed by atoms with Crippen molar-refractivity contribution in [2.45, 2.75) is 6.04 Å². The molecule has 5 rings (SSSR count). The van der Waals surface area contributed by atoms with Crippen molar-refractivity contribution in [1.82, 2.24) is 0 Å². The number of carbonyl (C=O) groups excluding carboxylic acids is 2. The van der Waals surface area contributed by atoms with Crippen LogP contribution in [0.2, 0.25) is 0 Å². The van der Waals surface area contributed by atoms with Crippen molar-refractivity contribution in [3.05, 3.63) is 118 Å². The lowest BCUT2D eigenvalue weighted by molar-refractivity contribution is -0.132. The second kappa shape index (κ2) is 8.96. The second-order valence-electron chi connectivity index (χ2n) is 7.60. The molecule has 168 valence electrons. The monoisotopic (exact) mass is 471 g/mol. The van der Waals surface area contributed by atoms with Crippen LogP contribution in [0.4, 0.5) is 10.1 Å². The maximum Gasteiger partial charge on any atom is 0.300 e. The van der Waals surface area contributed by atoms with E-state index in [2.05, 4.69) is 0 Å². The summed E-state index contributed by atoms with van der Waals surface area (Å²) in [4.78, 5) is 28.3. The third-order valence-corrected chi connectivity index (χ3v) is 6.39. The average Bonchev–Trinajstić information content (AvgIpc) is 3.47. The van der Waals surface area contributed by atoms with Gasteiger partial charge in [0.1, 0.15) is 29.1 Å². The van der Waals surface area contributed by atoms with Gasteiger partial charge in [0.15, 0.2) is 0 Å². The molecular formula is C27H18FNO4S. The Balaban J connectivity index is 1.55. The Hall–Kier alpha value is -4.23. The zero-order valence-electron chi connectivity index (χ0n) is 17.7. The number of para-hydroxylation sites is 1. The van der Waals surface area contributed by atoms with E-state index in [4.69, 9.17) is 4.74 Å². The lowest BCUT2D eigenvalue weighted by atomic mass is 9.99. The molecule has 1 N–H and O–H groups in total. The van der Waals surface area contributed by atoms with Gasteiger partial charge in [-0.15, -0.1) is 11.3 Å². The Morgan fingerprint density at radius 1 is 0.853 bits per heavy atom. The van der Waals surface area contributed by atoms with Crippen LogP contribution in [0, 0.1) is 5.82 Å². The maximum absolute atomic E-state index is 13.4. The number of amides is 1. The average molecular weight is 472 g/mol. The van der Waals surface area contributed by atoms with Gasteiger partial charge in [-0.2, -0.15) is 0 Å². The van der Waals surface area contributed by atoms with Crippen molar-refractivity contribution in [3.8, 4) is 11.5 Å². The molecule has 4 aromatic rings. The van der Waals surface area contributed by atoms with E-state index in [9.17, 15) is 19.1 Å². The van der Waals surface area contributed by atoms with Gasteiger partial charge < -0.3 is 9.84 Å². The predicted octanol–water partition coefficient (Wildman–Crippen LogP) is 6.31. The van der Waals surface area contributed by atoms with E-state index in [1.165, 1.54) is 40.5 Å². The number of Topliss-reactive ketones (excluding diaryl/α,β-unsaturated/α-hetero) is 1. The first kappa shape index (κ1) is 21.6. The molecule has 0 saturated carbocycles. The number of hydrogen-bond donors (Lipinski definition) is 1. The van der Waals surface area contributed by atoms with Crippen molar-refractivity contribution >= 4 is 34.5 Å². The standard InChI is InChI=1S/C27H18FNO4S/c28-18-10-8-17(9-11-18)25(30)23-24(22-7-4-16-34-22)29(27(32)26(23)31)19-12-14-21(15-13-19)33-20-5-2-1-3-6-20/h1-16,24,30H/b25-23-. The molecule has 1 aliphatic heterocycles. The number of anilines is 1. The van der Waals surface area contributed by atoms with Crippen LogP contribution in [0.15, 0.2) is 102 Å². The topological polar surface area (TPSA) is 66.8 Å². The van der Waals surface area contributed by atoms with E-state index < -0.39 is 23.5 Å². The lowest BCUT2D eigenvalue weighted by Gasteiger charge is -2.24. The quantitative estimate of drug-likeness (QED) is 0.211. The molecule has 3 aromatic carbocycles. The van der Waals surface area contributed by atoms with Gasteiger partial charge in [0, 0.05) is 16.1 Å². The third kappa shape index (κ3) is 3.97. The molecule has 1 fully saturated rings. The molecule has 0 bridgehead atoms. The molecule has 34 heavy (non-hydrogen) atoms. The molecule has 1 saturated heterocycles. The number of halogens is 1. The van der Waals surface area contributed by atoms with Crippen LogP contribution in [-0.2, 0) is 9.59 Å². The Morgan fingerprint density at radius 2 is 1.53 bits per heavy atom. The number of hydrogen-bond acceptors (Lipinski definition) is 5. The van der Waals surface area contributed by atoms with Crippen LogP contribution in [0.5, 0.6) is 11.5 Å². The summed E-state index contributed by atoms with van der Waals surface area (Å²) >= 11 is 1.37. The van der Waals surface area contributed by atoms with Crippen molar-refractivity contribution in [3.63, 3.8) is 0 Å². The number of ether oxygens (including phenoxy) is 1. The number of carbonyl (C=O) groups is 2. The van der Waals surface area contributed by atoms with E-state index in [-0.39, 0.29) is 16.9 Å². The fourth-order valence-corrected chi connectivity index (χ4v) is 4.70. The number of thiophene rings is 1. The first-order valence-corrected chi connectivity index (χ1v) is 11.3. The number of aliphatic hydroxyl groups is 1. The van der Waals surface area contributed by atoms with Crippen molar-refractivity contribution in [2.75, 3.05) is 4.90 Å². The Morgan fingerprint density at radius 3 is 2.18 bits per heavy atom. The Labute approximate surface area is 199 Å². The first-order chi connectivity index (χ1) is 16.5. The second-order valence-corrected chi connectivity index (χ2v) is 8.58. The van der Waals surface area contributed by atoms with Crippen LogP contribution in [-0.4, -0.2) is 16.8 Å². The molecule has 1 aliphatic rings. The number of benzene rings is 3. The molecule has 2 heterocycles. The van der Waals surface area contributed by atoms with E-state index in [1.54, 1.807) is 30.3 Å². The smallest absolute Gasteiger partial charge is 0.300 e. The Bertz CT molecular complexity index is 1360. The lowest BCUT2D eigenvalue weighted by Crippen LogP contribution is -2.29. The molecular weight excluding hydrogens is 453 g/mol. The number of rotatable bonds is 5. The van der Waals surface area contributed by atoms with Gasteiger partial charge in [0.2, 0.25) is 0 Å².